The number of nitriles is 1. The van der Waals surface area contributed by atoms with Gasteiger partial charge in [-0.2, -0.15) is 5.26 Å². The van der Waals surface area contributed by atoms with Gasteiger partial charge in [0.1, 0.15) is 6.07 Å². The van der Waals surface area contributed by atoms with Crippen LogP contribution < -0.4 is 5.43 Å². The monoisotopic (exact) mass is 264 g/mol. The summed E-state index contributed by atoms with van der Waals surface area (Å²) in [5, 5.41) is 28.1. The van der Waals surface area contributed by atoms with Crippen LogP contribution >= 0.6 is 0 Å². The highest BCUT2D eigenvalue weighted by atomic mass is 16.3. The van der Waals surface area contributed by atoms with Gasteiger partial charge in [-0.25, -0.2) is 0 Å². The largest absolute Gasteiger partial charge is 0.503 e. The van der Waals surface area contributed by atoms with Crippen molar-refractivity contribution in [2.24, 2.45) is 5.92 Å². The Balaban J connectivity index is 3.07. The molecule has 0 aliphatic heterocycles. The van der Waals surface area contributed by atoms with Crippen LogP contribution in [0, 0.1) is 17.2 Å². The van der Waals surface area contributed by atoms with Gasteiger partial charge in [0, 0.05) is 6.54 Å². The maximum absolute atomic E-state index is 11.4. The van der Waals surface area contributed by atoms with Crippen LogP contribution in [0.1, 0.15) is 45.2 Å². The third-order valence-electron chi connectivity index (χ3n) is 3.34. The molecule has 1 unspecified atom stereocenters. The molecule has 0 aromatic carbocycles. The fourth-order valence-corrected chi connectivity index (χ4v) is 2.09. The van der Waals surface area contributed by atoms with Gasteiger partial charge in [-0.05, 0) is 12.3 Å². The van der Waals surface area contributed by atoms with Crippen molar-refractivity contribution in [3.63, 3.8) is 0 Å². The van der Waals surface area contributed by atoms with E-state index in [0.29, 0.717) is 12.5 Å². The molecule has 1 aromatic rings. The van der Waals surface area contributed by atoms with Gasteiger partial charge in [-0.3, -0.25) is 4.79 Å². The van der Waals surface area contributed by atoms with Crippen LogP contribution in [0.15, 0.2) is 11.0 Å². The van der Waals surface area contributed by atoms with Gasteiger partial charge < -0.3 is 14.8 Å². The first kappa shape index (κ1) is 15.1. The maximum atomic E-state index is 11.4. The Morgan fingerprint density at radius 3 is 2.63 bits per heavy atom. The van der Waals surface area contributed by atoms with Gasteiger partial charge in [0.25, 0.3) is 5.43 Å². The number of aromatic nitrogens is 1. The number of hydrogen-bond acceptors (Lipinski definition) is 4. The molecule has 0 amide bonds. The summed E-state index contributed by atoms with van der Waals surface area (Å²) < 4.78 is 1.47. The van der Waals surface area contributed by atoms with E-state index >= 15 is 0 Å². The van der Waals surface area contributed by atoms with E-state index in [1.54, 1.807) is 0 Å². The Morgan fingerprint density at radius 1 is 1.42 bits per heavy atom. The summed E-state index contributed by atoms with van der Waals surface area (Å²) in [4.78, 5) is 11.4. The SMILES string of the molecule is CCCCC(CC)Cn1cc(O)c(=O)c(O)c1C#N. The molecule has 0 saturated carbocycles. The Kier molecular flexibility index (Phi) is 5.43. The molecule has 2 N–H and O–H groups in total. The van der Waals surface area contributed by atoms with Gasteiger partial charge in [-0.1, -0.05) is 33.1 Å². The van der Waals surface area contributed by atoms with E-state index in [2.05, 4.69) is 13.8 Å². The molecule has 0 spiro atoms. The van der Waals surface area contributed by atoms with Crippen molar-refractivity contribution in [2.75, 3.05) is 0 Å². The van der Waals surface area contributed by atoms with E-state index in [1.807, 2.05) is 6.07 Å². The van der Waals surface area contributed by atoms with Crippen LogP contribution in [0.25, 0.3) is 0 Å². The molecular weight excluding hydrogens is 244 g/mol. The number of unbranched alkanes of at least 4 members (excludes halogenated alkanes) is 1. The molecule has 0 radical (unpaired) electrons. The molecule has 104 valence electrons. The fourth-order valence-electron chi connectivity index (χ4n) is 2.09. The summed E-state index contributed by atoms with van der Waals surface area (Å²) in [6.07, 6.45) is 5.39. The second kappa shape index (κ2) is 6.83. The Hall–Kier alpha value is -1.96. The molecule has 1 rings (SSSR count). The molecule has 0 saturated heterocycles. The normalized spacial score (nSPS) is 12.1. The molecule has 1 heterocycles. The highest BCUT2D eigenvalue weighted by Gasteiger charge is 2.16. The summed E-state index contributed by atoms with van der Waals surface area (Å²) >= 11 is 0. The molecule has 1 atom stereocenters. The standard InChI is InChI=1S/C14H20N2O3/c1-3-5-6-10(4-2)8-16-9-12(17)14(19)13(18)11(16)7-15/h9-10,17-18H,3-6,8H2,1-2H3. The first-order chi connectivity index (χ1) is 9.04. The molecule has 5 heteroatoms. The highest BCUT2D eigenvalue weighted by molar-refractivity contribution is 5.41. The second-order valence-electron chi connectivity index (χ2n) is 4.72. The zero-order valence-corrected chi connectivity index (χ0v) is 11.4. The van der Waals surface area contributed by atoms with Crippen LogP contribution in [0.2, 0.25) is 0 Å². The van der Waals surface area contributed by atoms with Gasteiger partial charge >= 0.3 is 0 Å². The zero-order valence-electron chi connectivity index (χ0n) is 11.4. The van der Waals surface area contributed by atoms with Crippen molar-refractivity contribution >= 4 is 0 Å². The summed E-state index contributed by atoms with van der Waals surface area (Å²) in [5.74, 6) is -0.844. The third-order valence-corrected chi connectivity index (χ3v) is 3.34. The molecule has 0 bridgehead atoms. The topological polar surface area (TPSA) is 86.2 Å². The quantitative estimate of drug-likeness (QED) is 0.825. The smallest absolute Gasteiger partial charge is 0.266 e. The molecule has 19 heavy (non-hydrogen) atoms. The van der Waals surface area contributed by atoms with Crippen molar-refractivity contribution in [2.45, 2.75) is 46.1 Å². The van der Waals surface area contributed by atoms with Crippen molar-refractivity contribution in [1.29, 1.82) is 5.26 Å². The summed E-state index contributed by atoms with van der Waals surface area (Å²) in [7, 11) is 0. The minimum absolute atomic E-state index is 0.0854. The Labute approximate surface area is 112 Å². The summed E-state index contributed by atoms with van der Waals surface area (Å²) in [5.41, 5.74) is -0.979. The first-order valence-electron chi connectivity index (χ1n) is 6.60. The number of aromatic hydroxyl groups is 2. The van der Waals surface area contributed by atoms with E-state index in [4.69, 9.17) is 5.26 Å². The van der Waals surface area contributed by atoms with Crippen LogP contribution in [-0.2, 0) is 6.54 Å². The predicted molar refractivity (Wildman–Crippen MR) is 72.1 cm³/mol. The molecule has 1 aromatic heterocycles. The molecule has 0 aliphatic rings. The van der Waals surface area contributed by atoms with Crippen LogP contribution in [-0.4, -0.2) is 14.8 Å². The van der Waals surface area contributed by atoms with Gasteiger partial charge in [0.15, 0.2) is 11.4 Å². The minimum Gasteiger partial charge on any atom is -0.503 e. The van der Waals surface area contributed by atoms with E-state index < -0.39 is 16.9 Å². The third kappa shape index (κ3) is 3.50. The van der Waals surface area contributed by atoms with E-state index in [0.717, 1.165) is 25.7 Å². The molecular formula is C14H20N2O3. The predicted octanol–water partition coefficient (Wildman–Crippen LogP) is 2.35. The fraction of sp³-hybridized carbons (Fsp3) is 0.571. The lowest BCUT2D eigenvalue weighted by molar-refractivity contribution is 0.371. The molecule has 0 fully saturated rings. The Morgan fingerprint density at radius 2 is 2.11 bits per heavy atom. The lowest BCUT2D eigenvalue weighted by Crippen LogP contribution is -2.16. The maximum Gasteiger partial charge on any atom is 0.266 e. The number of nitrogens with zero attached hydrogens (tertiary/aromatic N) is 2. The van der Waals surface area contributed by atoms with Crippen molar-refractivity contribution < 1.29 is 10.2 Å². The Bertz CT molecular complexity index is 529. The van der Waals surface area contributed by atoms with E-state index in [1.165, 1.54) is 10.8 Å². The van der Waals surface area contributed by atoms with Crippen molar-refractivity contribution in [3.8, 4) is 17.6 Å². The number of pyridine rings is 1. The molecule has 5 nitrogen and oxygen atoms in total. The highest BCUT2D eigenvalue weighted by Crippen LogP contribution is 2.20. The van der Waals surface area contributed by atoms with Crippen LogP contribution in [0.3, 0.4) is 0 Å². The first-order valence-corrected chi connectivity index (χ1v) is 6.60. The van der Waals surface area contributed by atoms with Crippen molar-refractivity contribution in [1.82, 2.24) is 4.57 Å². The van der Waals surface area contributed by atoms with Crippen molar-refractivity contribution in [3.05, 3.63) is 22.1 Å². The van der Waals surface area contributed by atoms with Crippen LogP contribution in [0.4, 0.5) is 0 Å². The lowest BCUT2D eigenvalue weighted by Gasteiger charge is -2.18. The molecule has 0 aliphatic carbocycles. The van der Waals surface area contributed by atoms with Gasteiger partial charge in [0.05, 0.1) is 6.20 Å². The van der Waals surface area contributed by atoms with Gasteiger partial charge in [0.2, 0.25) is 5.75 Å². The zero-order chi connectivity index (χ0) is 14.4. The second-order valence-corrected chi connectivity index (χ2v) is 4.72. The average molecular weight is 264 g/mol. The number of hydrogen-bond donors (Lipinski definition) is 2. The van der Waals surface area contributed by atoms with Gasteiger partial charge in [-0.15, -0.1) is 0 Å². The van der Waals surface area contributed by atoms with E-state index in [-0.39, 0.29) is 5.69 Å². The summed E-state index contributed by atoms with van der Waals surface area (Å²) in [6, 6.07) is 1.82. The number of rotatable bonds is 6. The van der Waals surface area contributed by atoms with E-state index in [9.17, 15) is 15.0 Å². The average Bonchev–Trinajstić information content (AvgIpc) is 2.41. The lowest BCUT2D eigenvalue weighted by atomic mass is 9.99. The minimum atomic E-state index is -0.894. The summed E-state index contributed by atoms with van der Waals surface area (Å²) in [6.45, 7) is 4.69. The van der Waals surface area contributed by atoms with Crippen LogP contribution in [0.5, 0.6) is 11.5 Å².